The third kappa shape index (κ3) is 3.88. The van der Waals surface area contributed by atoms with E-state index in [1.165, 1.54) is 4.90 Å². The molecule has 0 aromatic carbocycles. The molecule has 0 bridgehead atoms. The molecule has 0 fully saturated rings. The average Bonchev–Trinajstić information content (AvgIpc) is 1.99. The molecule has 0 heterocycles. The highest BCUT2D eigenvalue weighted by molar-refractivity contribution is 5.75. The molecule has 0 unspecified atom stereocenters. The Morgan fingerprint density at radius 2 is 2.30 bits per heavy atom. The molecule has 58 valence electrons. The fourth-order valence-corrected chi connectivity index (χ4v) is 0.456. The van der Waals surface area contributed by atoms with Gasteiger partial charge in [0.2, 0.25) is 12.3 Å². The molecule has 0 atom stereocenters. The quantitative estimate of drug-likeness (QED) is 0.526. The van der Waals surface area contributed by atoms with Crippen molar-refractivity contribution in [1.82, 2.24) is 10.2 Å². The van der Waals surface area contributed by atoms with Crippen LogP contribution < -0.4 is 5.32 Å². The van der Waals surface area contributed by atoms with Gasteiger partial charge in [0.05, 0.1) is 0 Å². The lowest BCUT2D eigenvalue weighted by Crippen LogP contribution is -2.25. The first-order valence-corrected chi connectivity index (χ1v) is 3.07. The van der Waals surface area contributed by atoms with E-state index >= 15 is 0 Å². The van der Waals surface area contributed by atoms with Gasteiger partial charge in [-0.2, -0.15) is 0 Å². The molecule has 0 aliphatic heterocycles. The van der Waals surface area contributed by atoms with E-state index in [1.807, 2.05) is 0 Å². The summed E-state index contributed by atoms with van der Waals surface area (Å²) in [5.74, 6) is -0.0475. The minimum atomic E-state index is -0.0475. The van der Waals surface area contributed by atoms with Crippen LogP contribution >= 0.6 is 0 Å². The largest absolute Gasteiger partial charge is 0.359 e. The zero-order valence-electron chi connectivity index (χ0n) is 6.26. The Hall–Kier alpha value is -1.06. The number of rotatable bonds is 4. The van der Waals surface area contributed by atoms with Crippen molar-refractivity contribution >= 4 is 12.3 Å². The lowest BCUT2D eigenvalue weighted by Gasteiger charge is -2.08. The van der Waals surface area contributed by atoms with Gasteiger partial charge in [0.1, 0.15) is 0 Å². The Balaban J connectivity index is 3.34. The van der Waals surface area contributed by atoms with Crippen LogP contribution in [0.5, 0.6) is 0 Å². The first-order valence-electron chi connectivity index (χ1n) is 3.07. The molecule has 1 N–H and O–H groups in total. The molecule has 0 aromatic heterocycles. The van der Waals surface area contributed by atoms with Crippen molar-refractivity contribution in [3.8, 4) is 0 Å². The normalized spacial score (nSPS) is 8.60. The van der Waals surface area contributed by atoms with Crippen LogP contribution in [0.2, 0.25) is 0 Å². The van der Waals surface area contributed by atoms with Crippen LogP contribution in [-0.2, 0) is 9.59 Å². The van der Waals surface area contributed by atoms with Gasteiger partial charge < -0.3 is 10.2 Å². The summed E-state index contributed by atoms with van der Waals surface area (Å²) < 4.78 is 0. The summed E-state index contributed by atoms with van der Waals surface area (Å²) in [5, 5.41) is 2.46. The molecular weight excluding hydrogens is 132 g/mol. The van der Waals surface area contributed by atoms with E-state index in [1.54, 1.807) is 14.1 Å². The van der Waals surface area contributed by atoms with Gasteiger partial charge in [-0.3, -0.25) is 9.59 Å². The number of carbonyl (C=O) groups excluding carboxylic acids is 2. The lowest BCUT2D eigenvalue weighted by atomic mass is 10.4. The zero-order valence-corrected chi connectivity index (χ0v) is 6.26. The molecule has 0 saturated carbocycles. The van der Waals surface area contributed by atoms with Gasteiger partial charge in [-0.05, 0) is 0 Å². The van der Waals surface area contributed by atoms with Gasteiger partial charge in [-0.1, -0.05) is 0 Å². The molecule has 2 amide bonds. The maximum Gasteiger partial charge on any atom is 0.221 e. The molecule has 0 rings (SSSR count). The number of nitrogens with one attached hydrogen (secondary N) is 1. The van der Waals surface area contributed by atoms with E-state index in [2.05, 4.69) is 5.32 Å². The Morgan fingerprint density at radius 1 is 1.70 bits per heavy atom. The third-order valence-corrected chi connectivity index (χ3v) is 1.15. The van der Waals surface area contributed by atoms with E-state index in [4.69, 9.17) is 0 Å². The first kappa shape index (κ1) is 8.94. The fraction of sp³-hybridized carbons (Fsp3) is 0.667. The molecular formula is C6H12N2O2. The number of nitrogens with zero attached hydrogens (tertiary/aromatic N) is 1. The molecule has 0 aliphatic rings. The molecule has 0 radical (unpaired) electrons. The van der Waals surface area contributed by atoms with Crippen LogP contribution in [0, 0.1) is 0 Å². The van der Waals surface area contributed by atoms with Crippen molar-refractivity contribution in [3.05, 3.63) is 0 Å². The minimum Gasteiger partial charge on any atom is -0.359 e. The second-order valence-electron chi connectivity index (χ2n) is 2.01. The highest BCUT2D eigenvalue weighted by Gasteiger charge is 1.98. The first-order chi connectivity index (χ1) is 4.70. The topological polar surface area (TPSA) is 49.4 Å². The number of amides is 2. The summed E-state index contributed by atoms with van der Waals surface area (Å²) in [4.78, 5) is 22.0. The smallest absolute Gasteiger partial charge is 0.221 e. The van der Waals surface area contributed by atoms with Crippen LogP contribution in [-0.4, -0.2) is 37.9 Å². The van der Waals surface area contributed by atoms with Crippen LogP contribution in [0.3, 0.4) is 0 Å². The van der Waals surface area contributed by atoms with Crippen molar-refractivity contribution in [2.24, 2.45) is 0 Å². The maximum absolute atomic E-state index is 10.6. The van der Waals surface area contributed by atoms with E-state index in [0.29, 0.717) is 19.4 Å². The number of hydrogen-bond donors (Lipinski definition) is 1. The van der Waals surface area contributed by atoms with Crippen LogP contribution in [0.25, 0.3) is 0 Å². The Bertz CT molecular complexity index is 125. The van der Waals surface area contributed by atoms with E-state index in [9.17, 15) is 9.59 Å². The molecule has 4 heteroatoms. The highest BCUT2D eigenvalue weighted by Crippen LogP contribution is 1.81. The average molecular weight is 144 g/mol. The Labute approximate surface area is 60.2 Å². The van der Waals surface area contributed by atoms with Gasteiger partial charge in [0.25, 0.3) is 0 Å². The Kier molecular flexibility index (Phi) is 4.28. The maximum atomic E-state index is 10.6. The van der Waals surface area contributed by atoms with E-state index < -0.39 is 0 Å². The number of hydrogen-bond acceptors (Lipinski definition) is 2. The minimum absolute atomic E-state index is 0.0475. The molecule has 0 saturated heterocycles. The summed E-state index contributed by atoms with van der Waals surface area (Å²) in [6.07, 6.45) is 1.06. The third-order valence-electron chi connectivity index (χ3n) is 1.15. The van der Waals surface area contributed by atoms with Gasteiger partial charge >= 0.3 is 0 Å². The summed E-state index contributed by atoms with van der Waals surface area (Å²) in [6, 6.07) is 0. The van der Waals surface area contributed by atoms with Crippen molar-refractivity contribution < 1.29 is 9.59 Å². The number of carbonyl (C=O) groups is 2. The predicted molar refractivity (Wildman–Crippen MR) is 37.4 cm³/mol. The van der Waals surface area contributed by atoms with Gasteiger partial charge in [-0.15, -0.1) is 0 Å². The van der Waals surface area contributed by atoms with Crippen molar-refractivity contribution in [1.29, 1.82) is 0 Å². The monoisotopic (exact) mass is 144 g/mol. The molecule has 0 aromatic rings. The van der Waals surface area contributed by atoms with E-state index in [-0.39, 0.29) is 5.91 Å². The predicted octanol–water partition coefficient (Wildman–Crippen LogP) is -0.789. The van der Waals surface area contributed by atoms with Gasteiger partial charge in [-0.25, -0.2) is 0 Å². The highest BCUT2D eigenvalue weighted by atomic mass is 16.2. The fourth-order valence-electron chi connectivity index (χ4n) is 0.456. The van der Waals surface area contributed by atoms with Crippen LogP contribution in [0.4, 0.5) is 0 Å². The summed E-state index contributed by atoms with van der Waals surface area (Å²) in [6.45, 7) is 0.475. The Morgan fingerprint density at radius 3 is 2.70 bits per heavy atom. The SMILES string of the molecule is CNC(=O)CCN(C)C=O. The second kappa shape index (κ2) is 4.78. The summed E-state index contributed by atoms with van der Waals surface area (Å²) in [7, 11) is 3.21. The summed E-state index contributed by atoms with van der Waals surface area (Å²) >= 11 is 0. The van der Waals surface area contributed by atoms with Crippen molar-refractivity contribution in [2.45, 2.75) is 6.42 Å². The van der Waals surface area contributed by atoms with Crippen LogP contribution in [0.15, 0.2) is 0 Å². The van der Waals surface area contributed by atoms with Crippen molar-refractivity contribution in [2.75, 3.05) is 20.6 Å². The van der Waals surface area contributed by atoms with Gasteiger partial charge in [0, 0.05) is 27.1 Å². The molecule has 4 nitrogen and oxygen atoms in total. The molecule has 0 aliphatic carbocycles. The molecule has 10 heavy (non-hydrogen) atoms. The second-order valence-corrected chi connectivity index (χ2v) is 2.01. The lowest BCUT2D eigenvalue weighted by molar-refractivity contribution is -0.121. The van der Waals surface area contributed by atoms with E-state index in [0.717, 1.165) is 0 Å². The molecule has 0 spiro atoms. The van der Waals surface area contributed by atoms with Gasteiger partial charge in [0.15, 0.2) is 0 Å². The zero-order chi connectivity index (χ0) is 7.98. The van der Waals surface area contributed by atoms with Crippen LogP contribution in [0.1, 0.15) is 6.42 Å². The standard InChI is InChI=1S/C6H12N2O2/c1-7-6(10)3-4-8(2)5-9/h5H,3-4H2,1-2H3,(H,7,10). The summed E-state index contributed by atoms with van der Waals surface area (Å²) in [5.41, 5.74) is 0. The van der Waals surface area contributed by atoms with Crippen molar-refractivity contribution in [3.63, 3.8) is 0 Å².